The summed E-state index contributed by atoms with van der Waals surface area (Å²) in [4.78, 5) is 4.23. The van der Waals surface area contributed by atoms with Gasteiger partial charge in [-0.3, -0.25) is 9.67 Å². The van der Waals surface area contributed by atoms with Crippen LogP contribution in [-0.2, 0) is 13.6 Å². The minimum Gasteiger partial charge on any atom is -0.493 e. The number of ether oxygens (including phenoxy) is 1. The van der Waals surface area contributed by atoms with E-state index in [4.69, 9.17) is 4.74 Å². The van der Waals surface area contributed by atoms with Crippen molar-refractivity contribution in [2.75, 3.05) is 31.7 Å². The van der Waals surface area contributed by atoms with Gasteiger partial charge in [0, 0.05) is 42.8 Å². The maximum absolute atomic E-state index is 5.71. The van der Waals surface area contributed by atoms with Gasteiger partial charge in [0.25, 0.3) is 0 Å². The molecule has 0 saturated carbocycles. The summed E-state index contributed by atoms with van der Waals surface area (Å²) in [5, 5.41) is 10.7. The number of benzene rings is 1. The largest absolute Gasteiger partial charge is 0.493 e. The smallest absolute Gasteiger partial charge is 0.191 e. The highest BCUT2D eigenvalue weighted by Crippen LogP contribution is 2.17. The molecule has 2 rings (SSSR count). The molecule has 0 saturated heterocycles. The van der Waals surface area contributed by atoms with Gasteiger partial charge in [-0.1, -0.05) is 22.0 Å². The van der Waals surface area contributed by atoms with Gasteiger partial charge in [0.05, 0.1) is 18.8 Å². The SMILES string of the molecule is CN=C(NCCSCCOc1cccc(Br)c1)NCc1ccnn1C. The summed E-state index contributed by atoms with van der Waals surface area (Å²) in [5.41, 5.74) is 1.11. The van der Waals surface area contributed by atoms with Crippen molar-refractivity contribution in [1.29, 1.82) is 0 Å². The van der Waals surface area contributed by atoms with Crippen molar-refractivity contribution in [1.82, 2.24) is 20.4 Å². The molecule has 0 atom stereocenters. The molecular weight excluding hydrogens is 402 g/mol. The van der Waals surface area contributed by atoms with Gasteiger partial charge in [0.1, 0.15) is 5.75 Å². The zero-order valence-corrected chi connectivity index (χ0v) is 16.9. The normalized spacial score (nSPS) is 11.4. The number of thioether (sulfide) groups is 1. The molecule has 0 unspecified atom stereocenters. The van der Waals surface area contributed by atoms with E-state index in [-0.39, 0.29) is 0 Å². The number of nitrogens with one attached hydrogen (secondary N) is 2. The van der Waals surface area contributed by atoms with Crippen molar-refractivity contribution in [3.63, 3.8) is 0 Å². The first-order valence-corrected chi connectivity index (χ1v) is 10.0. The number of rotatable bonds is 9. The molecule has 136 valence electrons. The molecule has 0 spiro atoms. The number of aryl methyl sites for hydroxylation is 1. The van der Waals surface area contributed by atoms with Crippen LogP contribution in [-0.4, -0.2) is 47.4 Å². The van der Waals surface area contributed by atoms with Crippen LogP contribution in [0.5, 0.6) is 5.75 Å². The summed E-state index contributed by atoms with van der Waals surface area (Å²) in [7, 11) is 3.71. The zero-order valence-electron chi connectivity index (χ0n) is 14.5. The Balaban J connectivity index is 1.53. The van der Waals surface area contributed by atoms with Gasteiger partial charge < -0.3 is 15.4 Å². The van der Waals surface area contributed by atoms with Crippen LogP contribution in [0.1, 0.15) is 5.69 Å². The monoisotopic (exact) mass is 425 g/mol. The Morgan fingerprint density at radius 3 is 2.92 bits per heavy atom. The molecule has 2 N–H and O–H groups in total. The van der Waals surface area contributed by atoms with E-state index in [0.717, 1.165) is 39.9 Å². The second-order valence-corrected chi connectivity index (χ2v) is 7.36. The lowest BCUT2D eigenvalue weighted by Crippen LogP contribution is -2.38. The third-order valence-electron chi connectivity index (χ3n) is 3.41. The van der Waals surface area contributed by atoms with Gasteiger partial charge in [0.15, 0.2) is 5.96 Å². The number of nitrogens with zero attached hydrogens (tertiary/aromatic N) is 3. The molecular formula is C17H24BrN5OS. The van der Waals surface area contributed by atoms with E-state index in [9.17, 15) is 0 Å². The Labute approximate surface area is 161 Å². The van der Waals surface area contributed by atoms with Crippen LogP contribution >= 0.6 is 27.7 Å². The van der Waals surface area contributed by atoms with Gasteiger partial charge >= 0.3 is 0 Å². The molecule has 1 aromatic carbocycles. The highest BCUT2D eigenvalue weighted by Gasteiger charge is 2.01. The molecule has 0 aliphatic heterocycles. The first kappa shape index (κ1) is 19.7. The van der Waals surface area contributed by atoms with Gasteiger partial charge in [-0.05, 0) is 24.3 Å². The highest BCUT2D eigenvalue weighted by molar-refractivity contribution is 9.10. The molecule has 6 nitrogen and oxygen atoms in total. The van der Waals surface area contributed by atoms with Crippen molar-refractivity contribution >= 4 is 33.7 Å². The van der Waals surface area contributed by atoms with Crippen molar-refractivity contribution in [3.8, 4) is 5.75 Å². The minimum absolute atomic E-state index is 0.698. The van der Waals surface area contributed by atoms with Gasteiger partial charge in [-0.25, -0.2) is 0 Å². The van der Waals surface area contributed by atoms with Crippen LogP contribution in [0.4, 0.5) is 0 Å². The van der Waals surface area contributed by atoms with Crippen LogP contribution in [0, 0.1) is 0 Å². The van der Waals surface area contributed by atoms with E-state index in [1.54, 1.807) is 13.2 Å². The fourth-order valence-corrected chi connectivity index (χ4v) is 3.12. The van der Waals surface area contributed by atoms with E-state index >= 15 is 0 Å². The quantitative estimate of drug-likeness (QED) is 0.367. The summed E-state index contributed by atoms with van der Waals surface area (Å²) in [6.45, 7) is 2.25. The predicted octanol–water partition coefficient (Wildman–Crippen LogP) is 2.66. The van der Waals surface area contributed by atoms with E-state index in [1.807, 2.05) is 53.8 Å². The molecule has 0 amide bonds. The minimum atomic E-state index is 0.698. The summed E-state index contributed by atoms with van der Waals surface area (Å²) in [5.74, 6) is 3.64. The first-order chi connectivity index (χ1) is 12.2. The Morgan fingerprint density at radius 2 is 2.20 bits per heavy atom. The summed E-state index contributed by atoms with van der Waals surface area (Å²) >= 11 is 5.29. The third-order valence-corrected chi connectivity index (χ3v) is 4.86. The van der Waals surface area contributed by atoms with Gasteiger partial charge in [-0.2, -0.15) is 16.9 Å². The summed E-state index contributed by atoms with van der Waals surface area (Å²) in [6, 6.07) is 9.89. The molecule has 0 bridgehead atoms. The van der Waals surface area contributed by atoms with E-state index in [1.165, 1.54) is 0 Å². The maximum atomic E-state index is 5.71. The number of aromatic nitrogens is 2. The Kier molecular flexibility index (Phi) is 8.68. The van der Waals surface area contributed by atoms with E-state index in [2.05, 4.69) is 36.7 Å². The van der Waals surface area contributed by atoms with Crippen molar-refractivity contribution in [2.45, 2.75) is 6.54 Å². The zero-order chi connectivity index (χ0) is 17.9. The van der Waals surface area contributed by atoms with Crippen LogP contribution in [0.3, 0.4) is 0 Å². The molecule has 2 aromatic rings. The van der Waals surface area contributed by atoms with Crippen LogP contribution in [0.25, 0.3) is 0 Å². The average molecular weight is 426 g/mol. The second kappa shape index (κ2) is 11.0. The van der Waals surface area contributed by atoms with Crippen molar-refractivity contribution in [2.24, 2.45) is 12.0 Å². The third kappa shape index (κ3) is 7.39. The molecule has 0 radical (unpaired) electrons. The standard InChI is InChI=1S/C17H24BrN5OS/c1-19-17(21-13-15-6-7-22-23(15)2)20-8-10-25-11-9-24-16-5-3-4-14(18)12-16/h3-7,12H,8-11,13H2,1-2H3,(H2,19,20,21). The van der Waals surface area contributed by atoms with E-state index in [0.29, 0.717) is 13.2 Å². The van der Waals surface area contributed by atoms with Gasteiger partial charge in [0.2, 0.25) is 0 Å². The van der Waals surface area contributed by atoms with E-state index < -0.39 is 0 Å². The lowest BCUT2D eigenvalue weighted by atomic mass is 10.3. The van der Waals surface area contributed by atoms with Crippen LogP contribution < -0.4 is 15.4 Å². The fraction of sp³-hybridized carbons (Fsp3) is 0.412. The van der Waals surface area contributed by atoms with Crippen LogP contribution in [0.15, 0.2) is 46.0 Å². The van der Waals surface area contributed by atoms with Crippen molar-refractivity contribution < 1.29 is 4.74 Å². The number of hydrogen-bond donors (Lipinski definition) is 2. The van der Waals surface area contributed by atoms with Crippen LogP contribution in [0.2, 0.25) is 0 Å². The number of guanidine groups is 1. The maximum Gasteiger partial charge on any atom is 0.191 e. The lowest BCUT2D eigenvalue weighted by molar-refractivity contribution is 0.344. The Hall–Kier alpha value is -1.67. The number of halogens is 1. The molecule has 1 heterocycles. The summed E-state index contributed by atoms with van der Waals surface area (Å²) < 4.78 is 8.59. The topological polar surface area (TPSA) is 63.5 Å². The highest BCUT2D eigenvalue weighted by atomic mass is 79.9. The summed E-state index contributed by atoms with van der Waals surface area (Å²) in [6.07, 6.45) is 1.79. The molecule has 0 fully saturated rings. The second-order valence-electron chi connectivity index (χ2n) is 5.22. The predicted molar refractivity (Wildman–Crippen MR) is 108 cm³/mol. The number of aliphatic imine (C=N–C) groups is 1. The Morgan fingerprint density at radius 1 is 1.32 bits per heavy atom. The molecule has 8 heteroatoms. The molecule has 0 aliphatic rings. The van der Waals surface area contributed by atoms with Crippen molar-refractivity contribution in [3.05, 3.63) is 46.7 Å². The first-order valence-electron chi connectivity index (χ1n) is 8.06. The Bertz CT molecular complexity index is 677. The molecule has 0 aliphatic carbocycles. The average Bonchev–Trinajstić information content (AvgIpc) is 3.02. The number of hydrogen-bond acceptors (Lipinski definition) is 4. The lowest BCUT2D eigenvalue weighted by Gasteiger charge is -2.12. The fourth-order valence-electron chi connectivity index (χ4n) is 2.09. The molecule has 1 aromatic heterocycles. The molecule has 25 heavy (non-hydrogen) atoms. The van der Waals surface area contributed by atoms with Gasteiger partial charge in [-0.15, -0.1) is 0 Å².